The second-order valence-corrected chi connectivity index (χ2v) is 3.54. The molecule has 78 valence electrons. The van der Waals surface area contributed by atoms with E-state index < -0.39 is 0 Å². The Morgan fingerprint density at radius 1 is 1.19 bits per heavy atom. The summed E-state index contributed by atoms with van der Waals surface area (Å²) >= 11 is 0. The third-order valence-electron chi connectivity index (χ3n) is 2.45. The molecule has 0 amide bonds. The van der Waals surface area contributed by atoms with Crippen molar-refractivity contribution in [3.63, 3.8) is 0 Å². The minimum absolute atomic E-state index is 0.149. The minimum atomic E-state index is -0.149. The number of nitrogens with zero attached hydrogens (tertiary/aromatic N) is 1. The molecule has 4 heteroatoms. The number of fused-ring (bicyclic) bond motifs is 2. The fourth-order valence-electron chi connectivity index (χ4n) is 1.70. The Kier molecular flexibility index (Phi) is 1.71. The summed E-state index contributed by atoms with van der Waals surface area (Å²) in [5.41, 5.74) is 7.38. The second kappa shape index (κ2) is 3.06. The van der Waals surface area contributed by atoms with Gasteiger partial charge in [0.25, 0.3) is 0 Å². The Balaban J connectivity index is 2.61. The van der Waals surface area contributed by atoms with E-state index in [-0.39, 0.29) is 5.43 Å². The molecule has 2 N–H and O–H groups in total. The third kappa shape index (κ3) is 1.16. The van der Waals surface area contributed by atoms with Gasteiger partial charge in [0.2, 0.25) is 5.43 Å². The number of rotatable bonds is 0. The average molecular weight is 212 g/mol. The normalized spacial score (nSPS) is 11.0. The lowest BCUT2D eigenvalue weighted by Gasteiger charge is -2.00. The van der Waals surface area contributed by atoms with Crippen LogP contribution in [-0.2, 0) is 0 Å². The van der Waals surface area contributed by atoms with Crippen LogP contribution in [0.5, 0.6) is 0 Å². The van der Waals surface area contributed by atoms with Gasteiger partial charge in [0.05, 0.1) is 5.39 Å². The summed E-state index contributed by atoms with van der Waals surface area (Å²) in [4.78, 5) is 16.1. The van der Waals surface area contributed by atoms with Crippen molar-refractivity contribution in [3.8, 4) is 0 Å². The maximum Gasteiger partial charge on any atom is 0.219 e. The van der Waals surface area contributed by atoms with Crippen LogP contribution in [0.3, 0.4) is 0 Å². The highest BCUT2D eigenvalue weighted by Gasteiger charge is 2.07. The Morgan fingerprint density at radius 2 is 2.06 bits per heavy atom. The zero-order chi connectivity index (χ0) is 11.1. The van der Waals surface area contributed by atoms with Gasteiger partial charge in [-0.1, -0.05) is 0 Å². The van der Waals surface area contributed by atoms with Crippen LogP contribution in [0.15, 0.2) is 45.7 Å². The van der Waals surface area contributed by atoms with E-state index in [0.29, 0.717) is 27.8 Å². The highest BCUT2D eigenvalue weighted by molar-refractivity contribution is 5.88. The van der Waals surface area contributed by atoms with Crippen LogP contribution in [0.4, 0.5) is 5.69 Å². The quantitative estimate of drug-likeness (QED) is 0.456. The maximum absolute atomic E-state index is 12.1. The van der Waals surface area contributed by atoms with Gasteiger partial charge in [0.1, 0.15) is 5.58 Å². The number of pyridine rings is 1. The molecule has 3 rings (SSSR count). The van der Waals surface area contributed by atoms with Crippen molar-refractivity contribution >= 4 is 27.8 Å². The van der Waals surface area contributed by atoms with Crippen LogP contribution in [0.1, 0.15) is 0 Å². The van der Waals surface area contributed by atoms with E-state index in [4.69, 9.17) is 10.2 Å². The first-order valence-corrected chi connectivity index (χ1v) is 4.83. The number of benzene rings is 1. The lowest BCUT2D eigenvalue weighted by atomic mass is 10.2. The van der Waals surface area contributed by atoms with Gasteiger partial charge in [-0.25, -0.2) is 4.98 Å². The number of anilines is 1. The number of nitrogens with two attached hydrogens (primary N) is 1. The van der Waals surface area contributed by atoms with E-state index in [0.717, 1.165) is 0 Å². The summed E-state index contributed by atoms with van der Waals surface area (Å²) in [6.45, 7) is 0. The fourth-order valence-corrected chi connectivity index (χ4v) is 1.70. The Hall–Kier alpha value is -2.36. The summed E-state index contributed by atoms with van der Waals surface area (Å²) < 4.78 is 5.56. The summed E-state index contributed by atoms with van der Waals surface area (Å²) in [6.07, 6.45) is 1.57. The smallest absolute Gasteiger partial charge is 0.219 e. The zero-order valence-electron chi connectivity index (χ0n) is 8.31. The van der Waals surface area contributed by atoms with Gasteiger partial charge >= 0.3 is 0 Å². The SMILES string of the molecule is Nc1ccc2oc3cccnc3c(=O)c2c1. The number of hydrogen-bond donors (Lipinski definition) is 1. The Labute approximate surface area is 90.3 Å². The lowest BCUT2D eigenvalue weighted by Crippen LogP contribution is -2.04. The molecule has 0 aliphatic carbocycles. The number of nitrogen functional groups attached to an aromatic ring is 1. The van der Waals surface area contributed by atoms with E-state index in [2.05, 4.69) is 4.98 Å². The molecule has 3 aromatic rings. The molecule has 0 spiro atoms. The van der Waals surface area contributed by atoms with E-state index in [1.807, 2.05) is 0 Å². The van der Waals surface area contributed by atoms with Gasteiger partial charge in [-0.3, -0.25) is 4.79 Å². The Morgan fingerprint density at radius 3 is 2.94 bits per heavy atom. The van der Waals surface area contributed by atoms with Crippen molar-refractivity contribution in [2.24, 2.45) is 0 Å². The molecular formula is C12H8N2O2. The van der Waals surface area contributed by atoms with Crippen molar-refractivity contribution in [2.75, 3.05) is 5.73 Å². The predicted molar refractivity (Wildman–Crippen MR) is 62.2 cm³/mol. The first-order valence-electron chi connectivity index (χ1n) is 4.83. The molecular weight excluding hydrogens is 204 g/mol. The zero-order valence-corrected chi connectivity index (χ0v) is 8.31. The molecule has 1 aromatic carbocycles. The van der Waals surface area contributed by atoms with E-state index >= 15 is 0 Å². The largest absolute Gasteiger partial charge is 0.454 e. The summed E-state index contributed by atoms with van der Waals surface area (Å²) in [6, 6.07) is 8.45. The van der Waals surface area contributed by atoms with Gasteiger partial charge in [0.15, 0.2) is 11.1 Å². The molecule has 16 heavy (non-hydrogen) atoms. The summed E-state index contributed by atoms with van der Waals surface area (Å²) in [5, 5.41) is 0.464. The molecule has 0 atom stereocenters. The topological polar surface area (TPSA) is 69.1 Å². The van der Waals surface area contributed by atoms with Gasteiger partial charge in [-0.15, -0.1) is 0 Å². The summed E-state index contributed by atoms with van der Waals surface area (Å²) in [5.74, 6) is 0. The molecule has 0 bridgehead atoms. The molecule has 0 radical (unpaired) electrons. The lowest BCUT2D eigenvalue weighted by molar-refractivity contribution is 0.658. The molecule has 0 aliphatic heterocycles. The Bertz CT molecular complexity index is 747. The van der Waals surface area contributed by atoms with Crippen LogP contribution in [0.25, 0.3) is 22.1 Å². The molecule has 0 saturated carbocycles. The predicted octanol–water partition coefficient (Wildman–Crippen LogP) is 1.92. The summed E-state index contributed by atoms with van der Waals surface area (Å²) in [7, 11) is 0. The van der Waals surface area contributed by atoms with E-state index in [1.165, 1.54) is 0 Å². The van der Waals surface area contributed by atoms with Gasteiger partial charge in [-0.05, 0) is 30.3 Å². The van der Waals surface area contributed by atoms with Crippen molar-refractivity contribution in [1.82, 2.24) is 4.98 Å². The van der Waals surface area contributed by atoms with Gasteiger partial charge < -0.3 is 10.2 Å². The van der Waals surface area contributed by atoms with Crippen LogP contribution in [0, 0.1) is 0 Å². The standard InChI is InChI=1S/C12H8N2O2/c13-7-3-4-9-8(6-7)12(15)11-10(16-9)2-1-5-14-11/h1-6H,13H2. The molecule has 4 nitrogen and oxygen atoms in total. The number of aromatic nitrogens is 1. The van der Waals surface area contributed by atoms with Gasteiger partial charge in [0, 0.05) is 11.9 Å². The van der Waals surface area contributed by atoms with Crippen molar-refractivity contribution in [1.29, 1.82) is 0 Å². The minimum Gasteiger partial charge on any atom is -0.454 e. The van der Waals surface area contributed by atoms with Crippen molar-refractivity contribution in [2.45, 2.75) is 0 Å². The molecule has 0 unspecified atom stereocenters. The molecule has 0 fully saturated rings. The second-order valence-electron chi connectivity index (χ2n) is 3.54. The van der Waals surface area contributed by atoms with Crippen LogP contribution < -0.4 is 11.2 Å². The van der Waals surface area contributed by atoms with Crippen LogP contribution >= 0.6 is 0 Å². The fraction of sp³-hybridized carbons (Fsp3) is 0. The monoisotopic (exact) mass is 212 g/mol. The van der Waals surface area contributed by atoms with Crippen molar-refractivity contribution in [3.05, 3.63) is 46.8 Å². The van der Waals surface area contributed by atoms with E-state index in [9.17, 15) is 4.79 Å². The average Bonchev–Trinajstić information content (AvgIpc) is 2.31. The van der Waals surface area contributed by atoms with Crippen LogP contribution in [0.2, 0.25) is 0 Å². The highest BCUT2D eigenvalue weighted by Crippen LogP contribution is 2.18. The molecule has 0 aliphatic rings. The van der Waals surface area contributed by atoms with Crippen LogP contribution in [-0.4, -0.2) is 4.98 Å². The van der Waals surface area contributed by atoms with E-state index in [1.54, 1.807) is 36.5 Å². The molecule has 2 aromatic heterocycles. The molecule has 0 saturated heterocycles. The first-order chi connectivity index (χ1) is 7.75. The maximum atomic E-state index is 12.1. The van der Waals surface area contributed by atoms with Crippen molar-refractivity contribution < 1.29 is 4.42 Å². The van der Waals surface area contributed by atoms with Gasteiger partial charge in [-0.2, -0.15) is 0 Å². The molecule has 2 heterocycles. The number of hydrogen-bond acceptors (Lipinski definition) is 4. The first kappa shape index (κ1) is 8.91. The highest BCUT2D eigenvalue weighted by atomic mass is 16.3. The third-order valence-corrected chi connectivity index (χ3v) is 2.45.